The minimum atomic E-state index is -1.30. The van der Waals surface area contributed by atoms with E-state index in [9.17, 15) is 19.5 Å². The third-order valence-electron chi connectivity index (χ3n) is 9.14. The van der Waals surface area contributed by atoms with Gasteiger partial charge in [-0.05, 0) is 42.0 Å². The van der Waals surface area contributed by atoms with Gasteiger partial charge in [-0.3, -0.25) is 9.59 Å². The van der Waals surface area contributed by atoms with Gasteiger partial charge in [0.1, 0.15) is 35.6 Å². The molecule has 2 aromatic heterocycles. The summed E-state index contributed by atoms with van der Waals surface area (Å²) in [6, 6.07) is 11.6. The minimum absolute atomic E-state index is 0.0273. The number of nitrogens with one attached hydrogen (secondary N) is 3. The van der Waals surface area contributed by atoms with E-state index < -0.39 is 47.6 Å². The number of benzene rings is 2. The van der Waals surface area contributed by atoms with E-state index in [1.807, 2.05) is 56.3 Å². The van der Waals surface area contributed by atoms with Crippen LogP contribution in [0.15, 0.2) is 57.6 Å². The summed E-state index contributed by atoms with van der Waals surface area (Å²) in [7, 11) is 0. The quantitative estimate of drug-likeness (QED) is 0.213. The Bertz CT molecular complexity index is 1910. The van der Waals surface area contributed by atoms with Crippen LogP contribution in [-0.2, 0) is 26.2 Å². The lowest BCUT2D eigenvalue weighted by Gasteiger charge is -2.29. The van der Waals surface area contributed by atoms with Crippen LogP contribution in [0, 0.1) is 11.8 Å². The van der Waals surface area contributed by atoms with Crippen molar-refractivity contribution in [3.8, 4) is 17.3 Å². The number of aliphatic hydroxyl groups is 1. The Kier molecular flexibility index (Phi) is 7.74. The molecule has 13 nitrogen and oxygen atoms in total. The first-order chi connectivity index (χ1) is 23.0. The number of oxazole rings is 2. The number of para-hydroxylation sites is 1. The van der Waals surface area contributed by atoms with Crippen molar-refractivity contribution in [1.29, 1.82) is 0 Å². The number of rotatable bonds is 7. The fraction of sp³-hybridized carbons (Fsp3) is 0.400. The van der Waals surface area contributed by atoms with Crippen LogP contribution < -0.4 is 20.7 Å². The molecule has 0 radical (unpaired) electrons. The maximum absolute atomic E-state index is 14.0. The second-order valence-electron chi connectivity index (χ2n) is 13.0. The zero-order valence-electron chi connectivity index (χ0n) is 27.2. The minimum Gasteiger partial charge on any atom is -0.469 e. The summed E-state index contributed by atoms with van der Waals surface area (Å²) in [5.41, 5.74) is 2.28. The molecule has 1 unspecified atom stereocenters. The highest BCUT2D eigenvalue weighted by molar-refractivity contribution is 5.90. The lowest BCUT2D eigenvalue weighted by molar-refractivity contribution is -0.135. The fourth-order valence-electron chi connectivity index (χ4n) is 6.69. The zero-order valence-corrected chi connectivity index (χ0v) is 27.2. The van der Waals surface area contributed by atoms with E-state index in [4.69, 9.17) is 23.3 Å². The van der Waals surface area contributed by atoms with Crippen molar-refractivity contribution in [3.05, 3.63) is 82.8 Å². The molecule has 0 saturated carbocycles. The summed E-state index contributed by atoms with van der Waals surface area (Å²) in [5.74, 6) is -1.18. The summed E-state index contributed by atoms with van der Waals surface area (Å²) in [6.07, 6.45) is -0.604. The van der Waals surface area contributed by atoms with E-state index in [2.05, 4.69) is 20.9 Å². The van der Waals surface area contributed by atoms with Crippen LogP contribution in [-0.4, -0.2) is 57.8 Å². The molecule has 0 saturated heterocycles. The van der Waals surface area contributed by atoms with Crippen molar-refractivity contribution < 1.29 is 37.8 Å². The molecule has 2 aromatic carbocycles. The van der Waals surface area contributed by atoms with Gasteiger partial charge in [0.05, 0.1) is 6.61 Å². The molecule has 5 atom stereocenters. The molecule has 3 aliphatic heterocycles. The molecule has 13 heteroatoms. The lowest BCUT2D eigenvalue weighted by atomic mass is 9.72. The number of fused-ring (bicyclic) bond motifs is 4. The Morgan fingerprint density at radius 1 is 1.10 bits per heavy atom. The molecular formula is C35H37N5O8. The first-order valence-corrected chi connectivity index (χ1v) is 16.1. The van der Waals surface area contributed by atoms with Gasteiger partial charge in [-0.25, -0.2) is 14.8 Å². The number of ether oxygens (including phenoxy) is 2. The molecule has 3 aliphatic rings. The number of nitrogens with zero attached hydrogens (tertiary/aromatic N) is 2. The number of aromatic nitrogens is 2. The topological polar surface area (TPSA) is 178 Å². The normalized spacial score (nSPS) is 22.8. The molecule has 4 aromatic rings. The van der Waals surface area contributed by atoms with Gasteiger partial charge >= 0.3 is 5.97 Å². The molecule has 7 rings (SSSR count). The van der Waals surface area contributed by atoms with E-state index in [0.717, 1.165) is 22.4 Å². The molecular weight excluding hydrogens is 618 g/mol. The number of carbonyl (C=O) groups is 3. The van der Waals surface area contributed by atoms with Crippen molar-refractivity contribution in [1.82, 2.24) is 20.6 Å². The van der Waals surface area contributed by atoms with Gasteiger partial charge in [-0.2, -0.15) is 0 Å². The van der Waals surface area contributed by atoms with Crippen LogP contribution in [0.1, 0.15) is 79.5 Å². The van der Waals surface area contributed by atoms with Gasteiger partial charge in [0, 0.05) is 17.7 Å². The molecule has 1 spiro atoms. The van der Waals surface area contributed by atoms with Gasteiger partial charge in [0.25, 0.3) is 0 Å². The predicted octanol–water partition coefficient (Wildman–Crippen LogP) is 3.86. The van der Waals surface area contributed by atoms with E-state index in [1.165, 1.54) is 6.26 Å². The van der Waals surface area contributed by atoms with Crippen LogP contribution in [0.3, 0.4) is 0 Å². The third-order valence-corrected chi connectivity index (χ3v) is 9.14. The van der Waals surface area contributed by atoms with Gasteiger partial charge in [-0.1, -0.05) is 58.0 Å². The van der Waals surface area contributed by atoms with E-state index >= 15 is 0 Å². The number of hydrogen-bond acceptors (Lipinski definition) is 11. The molecule has 250 valence electrons. The Balaban J connectivity index is 1.46. The first kappa shape index (κ1) is 31.4. The Labute approximate surface area is 276 Å². The summed E-state index contributed by atoms with van der Waals surface area (Å²) in [6.45, 7) is 9.14. The standard InChI is InChI=1S/C35H37N5O8/c1-6-45-33(44)23-15-46-31(37-23)26-28-35-19-9-7-8-10-21(19)38-34(35)47-24-12-11-18(13-20(24)35)14-22(36-30(43)27(41)17(4)5)29(42)39-25(16(2)3)32(40-26)48-28/h7-13,15-17,22,25,27,34,38,41H,6,14H2,1-5H3,(H,36,43)(H,39,42)/t22-,25-,27-,34?,35-/m0/s1. The fourth-order valence-corrected chi connectivity index (χ4v) is 6.69. The number of amides is 2. The molecule has 5 heterocycles. The number of carbonyl (C=O) groups excluding carboxylic acids is 3. The summed E-state index contributed by atoms with van der Waals surface area (Å²) in [5, 5.41) is 19.8. The second kappa shape index (κ2) is 11.8. The van der Waals surface area contributed by atoms with Gasteiger partial charge in [0.15, 0.2) is 23.4 Å². The van der Waals surface area contributed by atoms with Crippen LogP contribution >= 0.6 is 0 Å². The zero-order chi connectivity index (χ0) is 33.9. The summed E-state index contributed by atoms with van der Waals surface area (Å²) in [4.78, 5) is 49.0. The summed E-state index contributed by atoms with van der Waals surface area (Å²) >= 11 is 0. The number of esters is 1. The average molecular weight is 656 g/mol. The van der Waals surface area contributed by atoms with E-state index in [0.29, 0.717) is 11.5 Å². The van der Waals surface area contributed by atoms with Crippen molar-refractivity contribution in [2.24, 2.45) is 11.8 Å². The Morgan fingerprint density at radius 2 is 1.90 bits per heavy atom. The number of anilines is 1. The van der Waals surface area contributed by atoms with Crippen LogP contribution in [0.5, 0.6) is 5.75 Å². The summed E-state index contributed by atoms with van der Waals surface area (Å²) < 4.78 is 24.3. The maximum atomic E-state index is 14.0. The molecule has 0 fully saturated rings. The van der Waals surface area contributed by atoms with Gasteiger partial charge < -0.3 is 39.4 Å². The van der Waals surface area contributed by atoms with Crippen molar-refractivity contribution in [3.63, 3.8) is 0 Å². The monoisotopic (exact) mass is 655 g/mol. The Morgan fingerprint density at radius 3 is 2.65 bits per heavy atom. The van der Waals surface area contributed by atoms with Crippen LogP contribution in [0.25, 0.3) is 11.6 Å². The largest absolute Gasteiger partial charge is 0.469 e. The van der Waals surface area contributed by atoms with Gasteiger partial charge in [-0.15, -0.1) is 0 Å². The molecule has 2 amide bonds. The second-order valence-corrected chi connectivity index (χ2v) is 13.0. The highest BCUT2D eigenvalue weighted by Crippen LogP contribution is 2.59. The first-order valence-electron chi connectivity index (χ1n) is 16.1. The maximum Gasteiger partial charge on any atom is 0.360 e. The van der Waals surface area contributed by atoms with E-state index in [1.54, 1.807) is 20.8 Å². The molecule has 0 aliphatic carbocycles. The molecule has 4 N–H and O–H groups in total. The van der Waals surface area contributed by atoms with Crippen molar-refractivity contribution in [2.75, 3.05) is 11.9 Å². The predicted molar refractivity (Wildman–Crippen MR) is 171 cm³/mol. The molecule has 48 heavy (non-hydrogen) atoms. The van der Waals surface area contributed by atoms with Gasteiger partial charge in [0.2, 0.25) is 23.6 Å². The third kappa shape index (κ3) is 4.91. The average Bonchev–Trinajstić information content (AvgIpc) is 3.83. The van der Waals surface area contributed by atoms with Crippen LogP contribution in [0.4, 0.5) is 5.69 Å². The lowest BCUT2D eigenvalue weighted by Crippen LogP contribution is -2.52. The number of hydrogen-bond donors (Lipinski definition) is 4. The van der Waals surface area contributed by atoms with Crippen molar-refractivity contribution >= 4 is 23.5 Å². The Hall–Kier alpha value is -5.17. The SMILES string of the molecule is CCOC(=O)c1coc(-c2nc3oc2[C@@]24c5ccccc5NC2Oc2ccc(cc24)C[C@H](NC(=O)[C@@H](O)C(C)C)C(=O)N[C@H]3C(C)C)n1. The highest BCUT2D eigenvalue weighted by atomic mass is 16.5. The van der Waals surface area contributed by atoms with E-state index in [-0.39, 0.29) is 48.0 Å². The smallest absolute Gasteiger partial charge is 0.360 e. The number of aliphatic hydroxyl groups excluding tert-OH is 1. The molecule has 4 bridgehead atoms. The highest BCUT2D eigenvalue weighted by Gasteiger charge is 2.61. The van der Waals surface area contributed by atoms with Crippen LogP contribution in [0.2, 0.25) is 0 Å². The van der Waals surface area contributed by atoms with Crippen molar-refractivity contribution in [2.45, 2.75) is 70.9 Å².